The molecule has 0 bridgehead atoms. The highest BCUT2D eigenvalue weighted by molar-refractivity contribution is 5.89. The summed E-state index contributed by atoms with van der Waals surface area (Å²) in [6.45, 7) is 2.36. The van der Waals surface area contributed by atoms with E-state index in [0.29, 0.717) is 17.7 Å². The monoisotopic (exact) mass is 482 g/mol. The Morgan fingerprint density at radius 3 is 1.38 bits per heavy atom. The fraction of sp³-hybridized carbons (Fsp3) is 0.273. The van der Waals surface area contributed by atoms with Crippen molar-refractivity contribution in [2.75, 3.05) is 13.7 Å². The van der Waals surface area contributed by atoms with Crippen LogP contribution in [0.3, 0.4) is 0 Å². The number of ether oxygens (including phenoxy) is 2. The number of phenols is 2. The lowest BCUT2D eigenvalue weighted by Gasteiger charge is -2.07. The number of methoxy groups -OCH3 is 1. The van der Waals surface area contributed by atoms with Crippen molar-refractivity contribution in [2.45, 2.75) is 25.6 Å². The van der Waals surface area contributed by atoms with Gasteiger partial charge in [0.2, 0.25) is 0 Å². The second kappa shape index (κ2) is 15.6. The Morgan fingerprint density at radius 1 is 0.735 bits per heavy atom. The first-order valence-corrected chi connectivity index (χ1v) is 9.59. The van der Waals surface area contributed by atoms with Crippen LogP contribution in [0.15, 0.2) is 48.5 Å². The highest BCUT2D eigenvalue weighted by Gasteiger charge is 2.29. The van der Waals surface area contributed by atoms with Gasteiger partial charge in [-0.2, -0.15) is 0 Å². The summed E-state index contributed by atoms with van der Waals surface area (Å²) in [4.78, 5) is 41.6. The number of aliphatic hydroxyl groups is 2. The number of benzene rings is 2. The largest absolute Gasteiger partial charge is 0.508 e. The van der Waals surface area contributed by atoms with Gasteiger partial charge >= 0.3 is 23.9 Å². The van der Waals surface area contributed by atoms with Crippen molar-refractivity contribution >= 4 is 23.9 Å². The van der Waals surface area contributed by atoms with E-state index >= 15 is 0 Å². The van der Waals surface area contributed by atoms with Gasteiger partial charge in [-0.25, -0.2) is 19.2 Å². The van der Waals surface area contributed by atoms with Crippen molar-refractivity contribution in [3.8, 4) is 11.5 Å². The van der Waals surface area contributed by atoms with Crippen LogP contribution in [0.1, 0.15) is 34.1 Å². The Balaban J connectivity index is 0.000000486. The van der Waals surface area contributed by atoms with E-state index in [-0.39, 0.29) is 17.5 Å². The topological polar surface area (TPSA) is 208 Å². The van der Waals surface area contributed by atoms with E-state index in [9.17, 15) is 19.2 Å². The summed E-state index contributed by atoms with van der Waals surface area (Å²) in [6.07, 6.45) is -3.72. The molecule has 12 heteroatoms. The number of aromatic hydroxyl groups is 2. The van der Waals surface area contributed by atoms with Crippen molar-refractivity contribution in [3.63, 3.8) is 0 Å². The van der Waals surface area contributed by atoms with E-state index in [1.165, 1.54) is 55.6 Å². The number of aliphatic hydroxyl groups excluding tert-OH is 2. The maximum absolute atomic E-state index is 11.2. The normalized spacial score (nSPS) is 11.3. The van der Waals surface area contributed by atoms with Crippen LogP contribution in [0.2, 0.25) is 0 Å². The number of carboxylic acids is 2. The van der Waals surface area contributed by atoms with Gasteiger partial charge in [-0.15, -0.1) is 0 Å². The highest BCUT2D eigenvalue weighted by atomic mass is 16.5. The summed E-state index contributed by atoms with van der Waals surface area (Å²) in [5.41, 5.74) is 0.900. The predicted molar refractivity (Wildman–Crippen MR) is 115 cm³/mol. The molecule has 0 radical (unpaired) electrons. The third kappa shape index (κ3) is 11.5. The fourth-order valence-electron chi connectivity index (χ4n) is 1.86. The lowest BCUT2D eigenvalue weighted by atomic mass is 10.2. The third-order valence-electron chi connectivity index (χ3n) is 3.63. The standard InChI is InChI=1S/C10H12O3.C8H8O3.C4H6O6/c1-2-7-13-10(12)8-3-5-9(11)6-4-8;1-11-8(10)6-2-4-7(9)5-3-6;5-1(3(7)8)2(6)4(9)10/h3-6,11H,2,7H2,1H3;2-5,9H,1H3;1-2,5-6H,(H,7,8)(H,9,10). The van der Waals surface area contributed by atoms with Gasteiger partial charge in [0.15, 0.2) is 12.2 Å². The molecule has 0 fully saturated rings. The van der Waals surface area contributed by atoms with Gasteiger partial charge in [-0.05, 0) is 55.0 Å². The summed E-state index contributed by atoms with van der Waals surface area (Å²) in [6, 6.07) is 11.9. The lowest BCUT2D eigenvalue weighted by Crippen LogP contribution is -2.39. The molecular formula is C22H26O12. The van der Waals surface area contributed by atoms with E-state index in [0.717, 1.165) is 6.42 Å². The average Bonchev–Trinajstić information content (AvgIpc) is 2.82. The molecule has 6 N–H and O–H groups in total. The molecule has 12 nitrogen and oxygen atoms in total. The molecule has 2 aromatic carbocycles. The van der Waals surface area contributed by atoms with Gasteiger partial charge in [-0.3, -0.25) is 0 Å². The van der Waals surface area contributed by atoms with Crippen molar-refractivity contribution in [2.24, 2.45) is 0 Å². The minimum Gasteiger partial charge on any atom is -0.508 e. The summed E-state index contributed by atoms with van der Waals surface area (Å²) in [5.74, 6) is -4.00. The number of carbonyl (C=O) groups excluding carboxylic acids is 2. The summed E-state index contributed by atoms with van der Waals surface area (Å²) in [7, 11) is 1.31. The number of esters is 2. The molecule has 0 amide bonds. The number of phenolic OH excluding ortho intramolecular Hbond substituents is 2. The molecule has 2 atom stereocenters. The fourth-order valence-corrected chi connectivity index (χ4v) is 1.86. The maximum atomic E-state index is 11.2. The molecule has 2 rings (SSSR count). The van der Waals surface area contributed by atoms with Gasteiger partial charge in [0.1, 0.15) is 11.5 Å². The number of hydrogen-bond acceptors (Lipinski definition) is 10. The Labute approximate surface area is 194 Å². The first kappa shape index (κ1) is 29.8. The molecule has 0 saturated carbocycles. The third-order valence-corrected chi connectivity index (χ3v) is 3.63. The van der Waals surface area contributed by atoms with Crippen LogP contribution < -0.4 is 0 Å². The summed E-state index contributed by atoms with van der Waals surface area (Å²) in [5, 5.41) is 50.3. The lowest BCUT2D eigenvalue weighted by molar-refractivity contribution is -0.165. The van der Waals surface area contributed by atoms with Crippen molar-refractivity contribution in [3.05, 3.63) is 59.7 Å². The maximum Gasteiger partial charge on any atom is 0.338 e. The number of carbonyl (C=O) groups is 4. The molecule has 0 aliphatic heterocycles. The molecule has 0 aromatic heterocycles. The molecule has 2 unspecified atom stereocenters. The van der Waals surface area contributed by atoms with E-state index in [2.05, 4.69) is 4.74 Å². The Hall–Kier alpha value is -4.16. The molecule has 0 saturated heterocycles. The molecule has 0 aliphatic rings. The van der Waals surface area contributed by atoms with Crippen LogP contribution in [0.5, 0.6) is 11.5 Å². The van der Waals surface area contributed by atoms with Crippen LogP contribution in [0.25, 0.3) is 0 Å². The Morgan fingerprint density at radius 2 is 1.09 bits per heavy atom. The van der Waals surface area contributed by atoms with Crippen molar-refractivity contribution in [1.29, 1.82) is 0 Å². The zero-order valence-corrected chi connectivity index (χ0v) is 18.3. The quantitative estimate of drug-likeness (QED) is 0.306. The van der Waals surface area contributed by atoms with Crippen LogP contribution in [-0.2, 0) is 19.1 Å². The van der Waals surface area contributed by atoms with Gasteiger partial charge < -0.3 is 40.1 Å². The minimum atomic E-state index is -2.27. The van der Waals surface area contributed by atoms with Crippen molar-refractivity contribution in [1.82, 2.24) is 0 Å². The van der Waals surface area contributed by atoms with Crippen LogP contribution in [-0.4, -0.2) is 80.4 Å². The smallest absolute Gasteiger partial charge is 0.338 e. The van der Waals surface area contributed by atoms with E-state index in [4.69, 9.17) is 35.4 Å². The average molecular weight is 482 g/mol. The zero-order chi connectivity index (χ0) is 26.3. The Bertz CT molecular complexity index is 904. The molecule has 0 aliphatic carbocycles. The first-order chi connectivity index (χ1) is 15.9. The number of rotatable bonds is 7. The summed E-state index contributed by atoms with van der Waals surface area (Å²) >= 11 is 0. The zero-order valence-electron chi connectivity index (χ0n) is 18.3. The molecule has 2 aromatic rings. The van der Waals surface area contributed by atoms with Crippen molar-refractivity contribution < 1.29 is 59.3 Å². The summed E-state index contributed by atoms with van der Waals surface area (Å²) < 4.78 is 9.35. The molecule has 34 heavy (non-hydrogen) atoms. The van der Waals surface area contributed by atoms with E-state index in [1.54, 1.807) is 0 Å². The SMILES string of the molecule is CCCOC(=O)c1ccc(O)cc1.COC(=O)c1ccc(O)cc1.O=C(O)C(O)C(O)C(=O)O. The van der Waals surface area contributed by atoms with Crippen LogP contribution in [0.4, 0.5) is 0 Å². The Kier molecular flexibility index (Phi) is 13.7. The second-order valence-electron chi connectivity index (χ2n) is 6.29. The number of hydrogen-bond donors (Lipinski definition) is 6. The molecule has 0 heterocycles. The van der Waals surface area contributed by atoms with Gasteiger partial charge in [0.25, 0.3) is 0 Å². The molecular weight excluding hydrogens is 456 g/mol. The second-order valence-corrected chi connectivity index (χ2v) is 6.29. The van der Waals surface area contributed by atoms with E-state index < -0.39 is 30.1 Å². The van der Waals surface area contributed by atoms with Gasteiger partial charge in [-0.1, -0.05) is 6.92 Å². The minimum absolute atomic E-state index is 0.137. The molecule has 0 spiro atoms. The number of aliphatic carboxylic acids is 2. The predicted octanol–water partition coefficient (Wildman–Crippen LogP) is 1.02. The van der Waals surface area contributed by atoms with Gasteiger partial charge in [0.05, 0.1) is 24.8 Å². The van der Waals surface area contributed by atoms with E-state index in [1.807, 2.05) is 6.92 Å². The van der Waals surface area contributed by atoms with Crippen LogP contribution >= 0.6 is 0 Å². The highest BCUT2D eigenvalue weighted by Crippen LogP contribution is 2.11. The number of carboxylic acid groups (broad SMARTS) is 2. The molecule has 186 valence electrons. The van der Waals surface area contributed by atoms with Crippen LogP contribution in [0, 0.1) is 0 Å². The van der Waals surface area contributed by atoms with Gasteiger partial charge in [0, 0.05) is 0 Å². The first-order valence-electron chi connectivity index (χ1n) is 9.59.